The molecule has 2 amide bonds. The van der Waals surface area contributed by atoms with E-state index in [0.717, 1.165) is 19.5 Å². The summed E-state index contributed by atoms with van der Waals surface area (Å²) in [5.41, 5.74) is 0.384. The van der Waals surface area contributed by atoms with Crippen molar-refractivity contribution in [3.8, 4) is 0 Å². The summed E-state index contributed by atoms with van der Waals surface area (Å²) >= 11 is 1.26. The molecule has 2 N–H and O–H groups in total. The number of quaternary nitrogens is 1. The van der Waals surface area contributed by atoms with E-state index in [4.69, 9.17) is 0 Å². The number of nitrogens with zero attached hydrogens (tertiary/aromatic N) is 3. The zero-order chi connectivity index (χ0) is 19.6. The van der Waals surface area contributed by atoms with Crippen molar-refractivity contribution in [3.63, 3.8) is 0 Å². The molecule has 0 radical (unpaired) electrons. The molecule has 2 aromatic heterocycles. The minimum absolute atomic E-state index is 0.0327. The smallest absolute Gasteiger partial charge is 0.264 e. The van der Waals surface area contributed by atoms with Crippen LogP contribution in [-0.4, -0.2) is 66.0 Å². The molecule has 0 spiro atoms. The van der Waals surface area contributed by atoms with Gasteiger partial charge < -0.3 is 15.1 Å². The topological polar surface area (TPSA) is 88.7 Å². The zero-order valence-corrected chi connectivity index (χ0v) is 16.8. The van der Waals surface area contributed by atoms with Gasteiger partial charge in [0.1, 0.15) is 11.4 Å². The molecule has 0 saturated carbocycles. The fraction of sp³-hybridized carbons (Fsp3) is 0.556. The molecule has 0 aliphatic carbocycles. The Labute approximate surface area is 161 Å². The maximum absolute atomic E-state index is 12.9. The van der Waals surface area contributed by atoms with Crippen LogP contribution in [0.3, 0.4) is 0 Å². The fourth-order valence-corrected chi connectivity index (χ4v) is 4.29. The Morgan fingerprint density at radius 1 is 1.33 bits per heavy atom. The lowest BCUT2D eigenvalue weighted by Gasteiger charge is -2.29. The molecule has 0 unspecified atom stereocenters. The monoisotopic (exact) mass is 392 g/mol. The molecule has 9 heteroatoms. The first-order valence-electron chi connectivity index (χ1n) is 9.28. The maximum atomic E-state index is 12.9. The van der Waals surface area contributed by atoms with Crippen LogP contribution in [0.25, 0.3) is 10.2 Å². The summed E-state index contributed by atoms with van der Waals surface area (Å²) in [5, 5.41) is 3.19. The van der Waals surface area contributed by atoms with Crippen LogP contribution < -0.4 is 15.8 Å². The molecule has 1 saturated heterocycles. The maximum Gasteiger partial charge on any atom is 0.264 e. The van der Waals surface area contributed by atoms with E-state index < -0.39 is 0 Å². The van der Waals surface area contributed by atoms with E-state index in [1.165, 1.54) is 27.1 Å². The van der Waals surface area contributed by atoms with Gasteiger partial charge in [-0.15, -0.1) is 11.3 Å². The molecule has 2 aromatic rings. The second-order valence-corrected chi connectivity index (χ2v) is 8.01. The lowest BCUT2D eigenvalue weighted by molar-refractivity contribution is -0.883. The minimum Gasteiger partial charge on any atom is -0.355 e. The van der Waals surface area contributed by atoms with Crippen LogP contribution >= 0.6 is 11.3 Å². The van der Waals surface area contributed by atoms with Crippen LogP contribution in [0.2, 0.25) is 0 Å². The van der Waals surface area contributed by atoms with Gasteiger partial charge in [0.25, 0.3) is 11.5 Å². The highest BCUT2D eigenvalue weighted by atomic mass is 32.1. The van der Waals surface area contributed by atoms with E-state index in [-0.39, 0.29) is 23.9 Å². The standard InChI is InChI=1S/C18H25N5O3S/c1-4-5-19-13(24)10-23-11-20-16-14(17(23)25)12(2)15(27-16)18(26)22-8-6-21(3)7-9-22/h11H,4-10H2,1-3H3,(H,19,24)/p+1. The van der Waals surface area contributed by atoms with Crippen molar-refractivity contribution in [3.05, 3.63) is 27.1 Å². The predicted octanol–water partition coefficient (Wildman–Crippen LogP) is -0.737. The number of aryl methyl sites for hydroxylation is 1. The van der Waals surface area contributed by atoms with Gasteiger partial charge in [0, 0.05) is 6.54 Å². The summed E-state index contributed by atoms with van der Waals surface area (Å²) in [4.78, 5) is 46.4. The van der Waals surface area contributed by atoms with Crippen LogP contribution in [0.15, 0.2) is 11.1 Å². The molecular formula is C18H26N5O3S+. The van der Waals surface area contributed by atoms with Gasteiger partial charge in [-0.3, -0.25) is 19.0 Å². The number of likely N-dealkylation sites (N-methyl/N-ethyl adjacent to an activating group) is 1. The second-order valence-electron chi connectivity index (χ2n) is 7.01. The van der Waals surface area contributed by atoms with E-state index in [0.29, 0.717) is 40.3 Å². The van der Waals surface area contributed by atoms with E-state index >= 15 is 0 Å². The summed E-state index contributed by atoms with van der Waals surface area (Å²) in [5.74, 6) is -0.251. The Morgan fingerprint density at radius 3 is 2.70 bits per heavy atom. The third kappa shape index (κ3) is 4.03. The zero-order valence-electron chi connectivity index (χ0n) is 16.0. The number of carbonyl (C=O) groups is 2. The summed E-state index contributed by atoms with van der Waals surface area (Å²) < 4.78 is 1.31. The predicted molar refractivity (Wildman–Crippen MR) is 104 cm³/mol. The van der Waals surface area contributed by atoms with Crippen molar-refractivity contribution >= 4 is 33.4 Å². The molecule has 0 aromatic carbocycles. The number of nitrogens with one attached hydrogen (secondary N) is 2. The molecule has 27 heavy (non-hydrogen) atoms. The Kier molecular flexibility index (Phi) is 5.91. The first kappa shape index (κ1) is 19.5. The van der Waals surface area contributed by atoms with Crippen molar-refractivity contribution in [1.82, 2.24) is 19.8 Å². The number of hydrogen-bond acceptors (Lipinski definition) is 5. The second kappa shape index (κ2) is 8.18. The fourth-order valence-electron chi connectivity index (χ4n) is 3.19. The first-order chi connectivity index (χ1) is 12.9. The molecule has 146 valence electrons. The van der Waals surface area contributed by atoms with Crippen LogP contribution in [0.5, 0.6) is 0 Å². The Morgan fingerprint density at radius 2 is 2.04 bits per heavy atom. The summed E-state index contributed by atoms with van der Waals surface area (Å²) in [6.07, 6.45) is 2.22. The highest BCUT2D eigenvalue weighted by molar-refractivity contribution is 7.20. The lowest BCUT2D eigenvalue weighted by atomic mass is 10.2. The van der Waals surface area contributed by atoms with Crippen molar-refractivity contribution in [2.24, 2.45) is 0 Å². The van der Waals surface area contributed by atoms with E-state index in [1.54, 1.807) is 6.92 Å². The number of amides is 2. The van der Waals surface area contributed by atoms with Crippen molar-refractivity contribution < 1.29 is 14.5 Å². The quantitative estimate of drug-likeness (QED) is 0.702. The van der Waals surface area contributed by atoms with Gasteiger partial charge in [0.2, 0.25) is 5.91 Å². The van der Waals surface area contributed by atoms with Crippen molar-refractivity contribution in [2.75, 3.05) is 39.8 Å². The van der Waals surface area contributed by atoms with Gasteiger partial charge in [0.05, 0.1) is 49.8 Å². The molecule has 1 fully saturated rings. The third-order valence-electron chi connectivity index (χ3n) is 4.90. The Hall–Kier alpha value is -2.26. The average molecular weight is 393 g/mol. The van der Waals surface area contributed by atoms with Crippen LogP contribution in [-0.2, 0) is 11.3 Å². The van der Waals surface area contributed by atoms with Gasteiger partial charge in [-0.1, -0.05) is 6.92 Å². The minimum atomic E-state index is -0.276. The number of aromatic nitrogens is 2. The normalized spacial score (nSPS) is 15.3. The highest BCUT2D eigenvalue weighted by Crippen LogP contribution is 2.28. The SMILES string of the molecule is CCCNC(=O)Cn1cnc2sc(C(=O)N3CC[NH+](C)CC3)c(C)c2c1=O. The Bertz CT molecular complexity index is 912. The summed E-state index contributed by atoms with van der Waals surface area (Å²) in [6, 6.07) is 0. The van der Waals surface area contributed by atoms with Gasteiger partial charge >= 0.3 is 0 Å². The number of fused-ring (bicyclic) bond motifs is 1. The number of carbonyl (C=O) groups excluding carboxylic acids is 2. The third-order valence-corrected chi connectivity index (χ3v) is 6.09. The number of piperazine rings is 1. The van der Waals surface area contributed by atoms with Crippen molar-refractivity contribution in [2.45, 2.75) is 26.8 Å². The molecule has 0 bridgehead atoms. The van der Waals surface area contributed by atoms with Crippen LogP contribution in [0, 0.1) is 6.92 Å². The van der Waals surface area contributed by atoms with Gasteiger partial charge in [-0.2, -0.15) is 0 Å². The highest BCUT2D eigenvalue weighted by Gasteiger charge is 2.27. The van der Waals surface area contributed by atoms with Crippen molar-refractivity contribution in [1.29, 1.82) is 0 Å². The van der Waals surface area contributed by atoms with E-state index in [2.05, 4.69) is 17.3 Å². The first-order valence-corrected chi connectivity index (χ1v) is 10.1. The molecular weight excluding hydrogens is 366 g/mol. The summed E-state index contributed by atoms with van der Waals surface area (Å²) in [7, 11) is 2.12. The lowest BCUT2D eigenvalue weighted by Crippen LogP contribution is -3.12. The summed E-state index contributed by atoms with van der Waals surface area (Å²) in [6.45, 7) is 7.54. The number of thiophene rings is 1. The molecule has 3 rings (SSSR count). The molecule has 0 atom stereocenters. The van der Waals surface area contributed by atoms with E-state index in [1.807, 2.05) is 11.8 Å². The molecule has 1 aliphatic rings. The van der Waals surface area contributed by atoms with Crippen LogP contribution in [0.4, 0.5) is 0 Å². The number of hydrogen-bond donors (Lipinski definition) is 2. The molecule has 8 nitrogen and oxygen atoms in total. The van der Waals surface area contributed by atoms with E-state index in [9.17, 15) is 14.4 Å². The number of rotatable bonds is 5. The molecule has 3 heterocycles. The average Bonchev–Trinajstić information content (AvgIpc) is 2.99. The van der Waals surface area contributed by atoms with Gasteiger partial charge in [-0.25, -0.2) is 4.98 Å². The largest absolute Gasteiger partial charge is 0.355 e. The Balaban J connectivity index is 1.88. The molecule has 1 aliphatic heterocycles. The van der Waals surface area contributed by atoms with Crippen LogP contribution in [0.1, 0.15) is 28.6 Å². The van der Waals surface area contributed by atoms with Gasteiger partial charge in [-0.05, 0) is 18.9 Å². The van der Waals surface area contributed by atoms with Gasteiger partial charge in [0.15, 0.2) is 0 Å².